The van der Waals surface area contributed by atoms with Gasteiger partial charge in [-0.2, -0.15) is 13.2 Å². The van der Waals surface area contributed by atoms with Crippen molar-refractivity contribution < 1.29 is 27.9 Å². The van der Waals surface area contributed by atoms with Gasteiger partial charge in [-0.1, -0.05) is 41.6 Å². The number of carbonyl (C=O) groups is 2. The first-order valence-electron chi connectivity index (χ1n) is 9.52. The maximum atomic E-state index is 12.8. The van der Waals surface area contributed by atoms with Crippen molar-refractivity contribution in [2.24, 2.45) is 0 Å². The van der Waals surface area contributed by atoms with Crippen LogP contribution in [-0.2, 0) is 4.79 Å². The number of carbonyl (C=O) groups excluding carboxylic acids is 2. The summed E-state index contributed by atoms with van der Waals surface area (Å²) in [7, 11) is 0. The van der Waals surface area contributed by atoms with Crippen LogP contribution in [0, 0.1) is 0 Å². The third kappa shape index (κ3) is 6.07. The van der Waals surface area contributed by atoms with Crippen LogP contribution >= 0.6 is 23.4 Å². The maximum absolute atomic E-state index is 12.8. The Hall–Kier alpha value is -3.01. The fourth-order valence-electron chi connectivity index (χ4n) is 2.57. The average Bonchev–Trinajstić information content (AvgIpc) is 2.76. The van der Waals surface area contributed by atoms with E-state index in [1.165, 1.54) is 23.9 Å². The molecule has 0 aliphatic carbocycles. The second kappa shape index (κ2) is 9.86. The highest BCUT2D eigenvalue weighted by molar-refractivity contribution is 7.99. The summed E-state index contributed by atoms with van der Waals surface area (Å²) in [5.74, 6) is -1.87. The summed E-state index contributed by atoms with van der Waals surface area (Å²) < 4.78 is 38.4. The van der Waals surface area contributed by atoms with Gasteiger partial charge in [-0.25, -0.2) is 0 Å². The Labute approximate surface area is 197 Å². The van der Waals surface area contributed by atoms with Crippen LogP contribution < -0.4 is 10.6 Å². The summed E-state index contributed by atoms with van der Waals surface area (Å²) in [6.45, 7) is 0.367. The molecule has 0 spiro atoms. The number of anilines is 2. The molecule has 1 atom stereocenters. The van der Waals surface area contributed by atoms with Crippen LogP contribution in [0.4, 0.5) is 24.5 Å². The number of nitrogens with one attached hydrogen (secondary N) is 2. The normalized spacial score (nSPS) is 13.2. The zero-order chi connectivity index (χ0) is 24.2. The molecule has 0 bridgehead atoms. The van der Waals surface area contributed by atoms with E-state index in [2.05, 4.69) is 5.32 Å². The van der Waals surface area contributed by atoms with Gasteiger partial charge >= 0.3 is 6.18 Å². The van der Waals surface area contributed by atoms with Crippen LogP contribution in [0.15, 0.2) is 82.6 Å². The molecule has 2 amide bonds. The molecule has 0 unspecified atom stereocenters. The summed E-state index contributed by atoms with van der Waals surface area (Å²) in [5, 5.41) is 14.3. The van der Waals surface area contributed by atoms with Gasteiger partial charge in [-0.3, -0.25) is 9.59 Å². The van der Waals surface area contributed by atoms with Gasteiger partial charge in [0, 0.05) is 21.0 Å². The lowest BCUT2D eigenvalue weighted by Gasteiger charge is -2.25. The van der Waals surface area contributed by atoms with Crippen LogP contribution in [0.2, 0.25) is 5.02 Å². The van der Waals surface area contributed by atoms with E-state index in [1.807, 2.05) is 11.4 Å². The molecular formula is C23H18ClF3N2O3S. The molecule has 5 nitrogen and oxygen atoms in total. The molecule has 3 N–H and O–H groups in total. The van der Waals surface area contributed by atoms with E-state index < -0.39 is 17.7 Å². The highest BCUT2D eigenvalue weighted by atomic mass is 35.5. The van der Waals surface area contributed by atoms with Crippen molar-refractivity contribution in [2.45, 2.75) is 28.5 Å². The van der Waals surface area contributed by atoms with Crippen molar-refractivity contribution in [2.75, 3.05) is 10.6 Å². The molecular weight excluding hydrogens is 477 g/mol. The molecule has 0 fully saturated rings. The molecule has 3 aromatic carbocycles. The third-order valence-electron chi connectivity index (χ3n) is 4.57. The summed E-state index contributed by atoms with van der Waals surface area (Å²) in [6.07, 6.45) is -5.13. The predicted molar refractivity (Wildman–Crippen MR) is 122 cm³/mol. The first-order chi connectivity index (χ1) is 15.5. The van der Waals surface area contributed by atoms with Crippen LogP contribution in [0.3, 0.4) is 0 Å². The number of halogens is 4. The number of benzene rings is 3. The van der Waals surface area contributed by atoms with Gasteiger partial charge in [0.05, 0.1) is 10.7 Å². The predicted octanol–water partition coefficient (Wildman–Crippen LogP) is 6.00. The van der Waals surface area contributed by atoms with Crippen molar-refractivity contribution in [1.82, 2.24) is 0 Å². The van der Waals surface area contributed by atoms with Gasteiger partial charge in [0.15, 0.2) is 0 Å². The molecule has 0 aliphatic heterocycles. The molecule has 172 valence electrons. The van der Waals surface area contributed by atoms with Crippen molar-refractivity contribution in [3.8, 4) is 0 Å². The monoisotopic (exact) mass is 494 g/mol. The molecule has 3 rings (SSSR count). The number of hydrogen-bond donors (Lipinski definition) is 3. The molecule has 33 heavy (non-hydrogen) atoms. The lowest BCUT2D eigenvalue weighted by molar-refractivity contribution is -0.242. The van der Waals surface area contributed by atoms with Gasteiger partial charge in [-0.05, 0) is 61.5 Å². The summed E-state index contributed by atoms with van der Waals surface area (Å²) in [5.41, 5.74) is -2.47. The summed E-state index contributed by atoms with van der Waals surface area (Å²) in [4.78, 5) is 25.5. The van der Waals surface area contributed by atoms with E-state index >= 15 is 0 Å². The Morgan fingerprint density at radius 3 is 2.09 bits per heavy atom. The van der Waals surface area contributed by atoms with E-state index in [4.69, 9.17) is 11.6 Å². The van der Waals surface area contributed by atoms with Crippen LogP contribution in [0.5, 0.6) is 0 Å². The zero-order valence-corrected chi connectivity index (χ0v) is 18.7. The highest BCUT2D eigenvalue weighted by Crippen LogP contribution is 2.35. The van der Waals surface area contributed by atoms with Crippen molar-refractivity contribution in [3.63, 3.8) is 0 Å². The third-order valence-corrected chi connectivity index (χ3v) is 5.88. The van der Waals surface area contributed by atoms with Crippen LogP contribution in [0.1, 0.15) is 17.3 Å². The van der Waals surface area contributed by atoms with E-state index in [-0.39, 0.29) is 16.6 Å². The lowest BCUT2D eigenvalue weighted by atomic mass is 10.1. The minimum Gasteiger partial charge on any atom is -0.373 e. The van der Waals surface area contributed by atoms with E-state index in [0.29, 0.717) is 23.1 Å². The molecule has 10 heteroatoms. The Balaban J connectivity index is 1.64. The van der Waals surface area contributed by atoms with E-state index in [9.17, 15) is 27.9 Å². The Morgan fingerprint density at radius 2 is 1.52 bits per heavy atom. The fraction of sp³-hybridized carbons (Fsp3) is 0.130. The SMILES string of the molecule is C[C@@](O)(C(=O)Nc1ccc(Sc2ccc(NC(=O)c3ccccc3)cc2)cc1Cl)C(F)(F)F. The fourth-order valence-corrected chi connectivity index (χ4v) is 3.72. The highest BCUT2D eigenvalue weighted by Gasteiger charge is 2.55. The maximum Gasteiger partial charge on any atom is 0.426 e. The molecule has 0 saturated carbocycles. The topological polar surface area (TPSA) is 78.4 Å². The summed E-state index contributed by atoms with van der Waals surface area (Å²) in [6, 6.07) is 20.2. The number of hydrogen-bond acceptors (Lipinski definition) is 4. The van der Waals surface area contributed by atoms with Crippen LogP contribution in [0.25, 0.3) is 0 Å². The number of rotatable bonds is 6. The second-order valence-electron chi connectivity index (χ2n) is 7.11. The van der Waals surface area contributed by atoms with Gasteiger partial charge in [0.1, 0.15) is 0 Å². The van der Waals surface area contributed by atoms with E-state index in [0.717, 1.165) is 4.90 Å². The van der Waals surface area contributed by atoms with Crippen molar-refractivity contribution in [3.05, 3.63) is 83.4 Å². The molecule has 3 aromatic rings. The molecule has 0 aliphatic rings. The second-order valence-corrected chi connectivity index (χ2v) is 8.67. The number of aliphatic hydroxyl groups is 1. The summed E-state index contributed by atoms with van der Waals surface area (Å²) >= 11 is 7.43. The van der Waals surface area contributed by atoms with E-state index in [1.54, 1.807) is 54.6 Å². The van der Waals surface area contributed by atoms with Gasteiger partial charge in [0.25, 0.3) is 11.8 Å². The average molecular weight is 495 g/mol. The first kappa shape index (κ1) is 24.6. The van der Waals surface area contributed by atoms with Crippen molar-refractivity contribution in [1.29, 1.82) is 0 Å². The van der Waals surface area contributed by atoms with Gasteiger partial charge < -0.3 is 15.7 Å². The quantitative estimate of drug-likeness (QED) is 0.393. The van der Waals surface area contributed by atoms with Crippen LogP contribution in [-0.4, -0.2) is 28.7 Å². The first-order valence-corrected chi connectivity index (χ1v) is 10.7. The number of amides is 2. The molecule has 0 aromatic heterocycles. The minimum atomic E-state index is -5.13. The Bertz CT molecular complexity index is 1150. The zero-order valence-electron chi connectivity index (χ0n) is 17.1. The Kier molecular flexibility index (Phi) is 7.36. The molecule has 0 radical (unpaired) electrons. The lowest BCUT2D eigenvalue weighted by Crippen LogP contribution is -2.52. The number of alkyl halides is 3. The molecule has 0 heterocycles. The standard InChI is InChI=1S/C23H18ClF3N2O3S/c1-22(32,23(25,26)27)21(31)29-19-12-11-17(13-18(19)24)33-16-9-7-15(8-10-16)28-20(30)14-5-3-2-4-6-14/h2-13,32H,1H3,(H,28,30)(H,29,31)/t22-/m1/s1. The molecule has 0 saturated heterocycles. The minimum absolute atomic E-state index is 0.0121. The Morgan fingerprint density at radius 1 is 0.909 bits per heavy atom. The van der Waals surface area contributed by atoms with Gasteiger partial charge in [-0.15, -0.1) is 0 Å². The smallest absolute Gasteiger partial charge is 0.373 e. The van der Waals surface area contributed by atoms with Crippen molar-refractivity contribution >= 4 is 46.6 Å². The van der Waals surface area contributed by atoms with Gasteiger partial charge in [0.2, 0.25) is 5.60 Å². The largest absolute Gasteiger partial charge is 0.426 e.